The molecule has 1 aromatic carbocycles. The number of hydrogen-bond acceptors (Lipinski definition) is 2. The van der Waals surface area contributed by atoms with Gasteiger partial charge in [-0.25, -0.2) is 4.98 Å². The number of hydrogen-bond donors (Lipinski definition) is 0. The number of nitriles is 1. The van der Waals surface area contributed by atoms with Crippen molar-refractivity contribution in [3.8, 4) is 11.8 Å². The van der Waals surface area contributed by atoms with Crippen LogP contribution in [0.15, 0.2) is 24.7 Å². The third kappa shape index (κ3) is 1.17. The molecule has 0 bridgehead atoms. The number of imidazole rings is 1. The highest BCUT2D eigenvalue weighted by Crippen LogP contribution is 2.31. The van der Waals surface area contributed by atoms with E-state index in [9.17, 15) is 0 Å². The zero-order valence-electron chi connectivity index (χ0n) is 9.07. The summed E-state index contributed by atoms with van der Waals surface area (Å²) in [5.41, 5.74) is 5.52. The summed E-state index contributed by atoms with van der Waals surface area (Å²) in [6, 6.07) is 6.16. The molecule has 1 heterocycles. The molecule has 3 nitrogen and oxygen atoms in total. The Morgan fingerprint density at radius 2 is 2.12 bits per heavy atom. The fourth-order valence-electron chi connectivity index (χ4n) is 2.22. The van der Waals surface area contributed by atoms with Crippen molar-refractivity contribution in [2.75, 3.05) is 0 Å². The van der Waals surface area contributed by atoms with E-state index < -0.39 is 0 Å². The molecule has 1 aromatic heterocycles. The Hall–Kier alpha value is -2.08. The molecule has 78 valence electrons. The van der Waals surface area contributed by atoms with E-state index in [2.05, 4.69) is 11.1 Å². The summed E-state index contributed by atoms with van der Waals surface area (Å²) in [7, 11) is 0. The van der Waals surface area contributed by atoms with Crippen molar-refractivity contribution in [3.05, 3.63) is 47.0 Å². The largest absolute Gasteiger partial charge is 0.306 e. The molecule has 0 N–H and O–H groups in total. The minimum atomic E-state index is 0.821. The van der Waals surface area contributed by atoms with Gasteiger partial charge in [0.2, 0.25) is 0 Å². The van der Waals surface area contributed by atoms with E-state index in [0.29, 0.717) is 0 Å². The van der Waals surface area contributed by atoms with Crippen LogP contribution in [-0.2, 0) is 12.8 Å². The molecule has 0 fully saturated rings. The van der Waals surface area contributed by atoms with Crippen molar-refractivity contribution >= 4 is 0 Å². The molecule has 0 unspecified atom stereocenters. The van der Waals surface area contributed by atoms with Gasteiger partial charge < -0.3 is 4.57 Å². The van der Waals surface area contributed by atoms with Crippen molar-refractivity contribution in [1.82, 2.24) is 9.55 Å². The van der Waals surface area contributed by atoms with E-state index >= 15 is 0 Å². The quantitative estimate of drug-likeness (QED) is 0.722. The molecule has 3 heteroatoms. The lowest BCUT2D eigenvalue weighted by Gasteiger charge is -2.23. The topological polar surface area (TPSA) is 41.6 Å². The highest BCUT2D eigenvalue weighted by atomic mass is 15.0. The van der Waals surface area contributed by atoms with E-state index in [-0.39, 0.29) is 0 Å². The van der Waals surface area contributed by atoms with Gasteiger partial charge in [0.1, 0.15) is 0 Å². The molecular weight excluding hydrogens is 198 g/mol. The SMILES string of the molecule is Cc1cn(-c2ccc(C#N)c3c2CC3)cn1. The first kappa shape index (κ1) is 9.17. The standard InChI is InChI=1S/C13H11N3/c1-9-7-16(8-15-9)13-5-2-10(6-14)11-3-4-12(11)13/h2,5,7-8H,3-4H2,1H3. The molecule has 1 aliphatic carbocycles. The van der Waals surface area contributed by atoms with Gasteiger partial charge in [0, 0.05) is 6.20 Å². The Morgan fingerprint density at radius 1 is 1.31 bits per heavy atom. The molecule has 0 spiro atoms. The molecule has 0 saturated carbocycles. The maximum Gasteiger partial charge on any atom is 0.0995 e. The number of aryl methyl sites for hydroxylation is 1. The summed E-state index contributed by atoms with van der Waals surface area (Å²) >= 11 is 0. The fraction of sp³-hybridized carbons (Fsp3) is 0.231. The van der Waals surface area contributed by atoms with Gasteiger partial charge in [-0.15, -0.1) is 0 Å². The van der Waals surface area contributed by atoms with E-state index in [1.54, 1.807) is 0 Å². The first-order valence-electron chi connectivity index (χ1n) is 5.35. The Labute approximate surface area is 94.0 Å². The smallest absolute Gasteiger partial charge is 0.0995 e. The Balaban J connectivity index is 2.18. The highest BCUT2D eigenvalue weighted by Gasteiger charge is 2.21. The fourth-order valence-corrected chi connectivity index (χ4v) is 2.22. The molecule has 1 aliphatic rings. The Kier molecular flexibility index (Phi) is 1.84. The molecule has 16 heavy (non-hydrogen) atoms. The minimum Gasteiger partial charge on any atom is -0.306 e. The van der Waals surface area contributed by atoms with Crippen LogP contribution in [0.2, 0.25) is 0 Å². The molecule has 2 aromatic rings. The molecule has 0 atom stereocenters. The van der Waals surface area contributed by atoms with Gasteiger partial charge in [-0.2, -0.15) is 5.26 Å². The predicted molar refractivity (Wildman–Crippen MR) is 60.4 cm³/mol. The third-order valence-corrected chi connectivity index (χ3v) is 3.14. The van der Waals surface area contributed by atoms with Gasteiger partial charge in [-0.05, 0) is 43.0 Å². The van der Waals surface area contributed by atoms with E-state index in [1.807, 2.05) is 36.1 Å². The van der Waals surface area contributed by atoms with Crippen LogP contribution in [0.25, 0.3) is 5.69 Å². The second kappa shape index (κ2) is 3.21. The van der Waals surface area contributed by atoms with Crippen LogP contribution in [0.3, 0.4) is 0 Å². The lowest BCUT2D eigenvalue weighted by Crippen LogP contribution is -2.14. The Bertz CT molecular complexity index is 602. The van der Waals surface area contributed by atoms with Crippen molar-refractivity contribution in [1.29, 1.82) is 5.26 Å². The molecule has 0 saturated heterocycles. The molecule has 0 amide bonds. The van der Waals surface area contributed by atoms with Gasteiger partial charge in [-0.3, -0.25) is 0 Å². The van der Waals surface area contributed by atoms with Crippen molar-refractivity contribution < 1.29 is 0 Å². The average molecular weight is 209 g/mol. The second-order valence-electron chi connectivity index (χ2n) is 4.12. The van der Waals surface area contributed by atoms with Crippen LogP contribution in [0.5, 0.6) is 0 Å². The number of fused-ring (bicyclic) bond motifs is 1. The lowest BCUT2D eigenvalue weighted by atomic mass is 9.83. The maximum atomic E-state index is 8.97. The molecule has 0 radical (unpaired) electrons. The number of rotatable bonds is 1. The van der Waals surface area contributed by atoms with Crippen molar-refractivity contribution in [2.24, 2.45) is 0 Å². The first-order valence-corrected chi connectivity index (χ1v) is 5.35. The second-order valence-corrected chi connectivity index (χ2v) is 4.12. The van der Waals surface area contributed by atoms with Crippen LogP contribution in [-0.4, -0.2) is 9.55 Å². The summed E-state index contributed by atoms with van der Waals surface area (Å²) in [4.78, 5) is 4.23. The first-order chi connectivity index (χ1) is 7.79. The van der Waals surface area contributed by atoms with Crippen LogP contribution in [0, 0.1) is 18.3 Å². The maximum absolute atomic E-state index is 8.97. The van der Waals surface area contributed by atoms with E-state index in [4.69, 9.17) is 5.26 Å². The monoisotopic (exact) mass is 209 g/mol. The van der Waals surface area contributed by atoms with Gasteiger partial charge in [-0.1, -0.05) is 0 Å². The van der Waals surface area contributed by atoms with E-state index in [0.717, 1.165) is 24.1 Å². The van der Waals surface area contributed by atoms with Crippen LogP contribution in [0.4, 0.5) is 0 Å². The van der Waals surface area contributed by atoms with Gasteiger partial charge >= 0.3 is 0 Å². The minimum absolute atomic E-state index is 0.821. The zero-order chi connectivity index (χ0) is 11.1. The lowest BCUT2D eigenvalue weighted by molar-refractivity contribution is 0.813. The molecular formula is C13H11N3. The zero-order valence-corrected chi connectivity index (χ0v) is 9.07. The predicted octanol–water partition coefficient (Wildman–Crippen LogP) is 2.15. The van der Waals surface area contributed by atoms with Crippen LogP contribution >= 0.6 is 0 Å². The number of nitrogens with zero attached hydrogens (tertiary/aromatic N) is 3. The molecule has 3 rings (SSSR count). The summed E-state index contributed by atoms with van der Waals surface area (Å²) < 4.78 is 2.04. The summed E-state index contributed by atoms with van der Waals surface area (Å²) in [5.74, 6) is 0. The average Bonchev–Trinajstić information content (AvgIpc) is 2.65. The normalized spacial score (nSPS) is 12.8. The van der Waals surface area contributed by atoms with Gasteiger partial charge in [0.25, 0.3) is 0 Å². The van der Waals surface area contributed by atoms with Crippen LogP contribution in [0.1, 0.15) is 22.4 Å². The van der Waals surface area contributed by atoms with Gasteiger partial charge in [0.15, 0.2) is 0 Å². The van der Waals surface area contributed by atoms with Crippen molar-refractivity contribution in [3.63, 3.8) is 0 Å². The number of aromatic nitrogens is 2. The highest BCUT2D eigenvalue weighted by molar-refractivity contribution is 5.58. The third-order valence-electron chi connectivity index (χ3n) is 3.14. The summed E-state index contributed by atoms with van der Waals surface area (Å²) in [6.45, 7) is 1.98. The van der Waals surface area contributed by atoms with E-state index in [1.165, 1.54) is 16.8 Å². The summed E-state index contributed by atoms with van der Waals surface area (Å²) in [6.07, 6.45) is 5.94. The van der Waals surface area contributed by atoms with Crippen molar-refractivity contribution in [2.45, 2.75) is 19.8 Å². The van der Waals surface area contributed by atoms with Gasteiger partial charge in [0.05, 0.1) is 29.3 Å². The summed E-state index contributed by atoms with van der Waals surface area (Å²) in [5, 5.41) is 8.97. The molecule has 0 aliphatic heterocycles. The Morgan fingerprint density at radius 3 is 2.69 bits per heavy atom. The van der Waals surface area contributed by atoms with Crippen LogP contribution < -0.4 is 0 Å². The number of benzene rings is 1.